The summed E-state index contributed by atoms with van der Waals surface area (Å²) in [5.74, 6) is 0.0256. The molecule has 1 aliphatic carbocycles. The Hall–Kier alpha value is -2.34. The molecule has 1 aliphatic heterocycles. The van der Waals surface area contributed by atoms with Gasteiger partial charge in [0.25, 0.3) is 5.91 Å². The molecule has 0 aromatic carbocycles. The molecule has 2 aromatic rings. The molecular weight excluding hydrogens is 368 g/mol. The van der Waals surface area contributed by atoms with Crippen molar-refractivity contribution in [1.82, 2.24) is 30.3 Å². The van der Waals surface area contributed by atoms with Crippen molar-refractivity contribution in [2.24, 2.45) is 0 Å². The van der Waals surface area contributed by atoms with Crippen LogP contribution >= 0.6 is 0 Å². The molecular formula is C17H24N6O5. The SMILES string of the molecule is O=C(NC1CCCC1)c1cn([C@H]2[C@@H](O)[C@@H](CO)O[C@@H](c3ncc[nH]3)[C@@H]2O)nn1. The van der Waals surface area contributed by atoms with Gasteiger partial charge in [0.1, 0.15) is 36.3 Å². The summed E-state index contributed by atoms with van der Waals surface area (Å²) in [6.07, 6.45) is 4.23. The van der Waals surface area contributed by atoms with Crippen LogP contribution < -0.4 is 5.32 Å². The van der Waals surface area contributed by atoms with Gasteiger partial charge in [0, 0.05) is 18.4 Å². The van der Waals surface area contributed by atoms with Crippen LogP contribution in [0.2, 0.25) is 0 Å². The van der Waals surface area contributed by atoms with Crippen LogP contribution in [-0.4, -0.2) is 77.1 Å². The van der Waals surface area contributed by atoms with E-state index in [-0.39, 0.29) is 17.6 Å². The van der Waals surface area contributed by atoms with Crippen molar-refractivity contribution in [2.75, 3.05) is 6.61 Å². The van der Waals surface area contributed by atoms with E-state index in [1.54, 1.807) is 6.20 Å². The van der Waals surface area contributed by atoms with Crippen molar-refractivity contribution in [1.29, 1.82) is 0 Å². The highest BCUT2D eigenvalue weighted by Gasteiger charge is 2.47. The Morgan fingerprint density at radius 2 is 2.11 bits per heavy atom. The van der Waals surface area contributed by atoms with Crippen LogP contribution in [-0.2, 0) is 4.74 Å². The van der Waals surface area contributed by atoms with Crippen LogP contribution in [0.4, 0.5) is 0 Å². The predicted molar refractivity (Wildman–Crippen MR) is 94.1 cm³/mol. The number of carbonyl (C=O) groups excluding carboxylic acids is 1. The number of nitrogens with zero attached hydrogens (tertiary/aromatic N) is 4. The first-order valence-electron chi connectivity index (χ1n) is 9.43. The lowest BCUT2D eigenvalue weighted by Crippen LogP contribution is -2.53. The van der Waals surface area contributed by atoms with Gasteiger partial charge in [-0.15, -0.1) is 5.10 Å². The van der Waals surface area contributed by atoms with E-state index in [4.69, 9.17) is 4.74 Å². The van der Waals surface area contributed by atoms with Crippen molar-refractivity contribution < 1.29 is 24.9 Å². The summed E-state index contributed by atoms with van der Waals surface area (Å²) in [5.41, 5.74) is 0.105. The van der Waals surface area contributed by atoms with Gasteiger partial charge in [-0.3, -0.25) is 4.79 Å². The first kappa shape index (κ1) is 19.0. The molecule has 2 aliphatic rings. The molecule has 4 rings (SSSR count). The molecule has 152 valence electrons. The lowest BCUT2D eigenvalue weighted by molar-refractivity contribution is -0.210. The van der Waals surface area contributed by atoms with Gasteiger partial charge in [0.05, 0.1) is 12.8 Å². The van der Waals surface area contributed by atoms with E-state index in [1.165, 1.54) is 17.1 Å². The standard InChI is InChI=1S/C17H24N6O5/c24-8-11-13(25)12(14(26)15(28-11)16-18-5-6-19-16)23-7-10(21-22-23)17(27)20-9-3-1-2-4-9/h5-7,9,11-15,24-26H,1-4,8H2,(H,18,19)(H,20,27)/t11-,12+,13+,14-,15-/m1/s1. The van der Waals surface area contributed by atoms with E-state index in [2.05, 4.69) is 25.6 Å². The summed E-state index contributed by atoms with van der Waals surface area (Å²) in [6, 6.07) is -0.833. The van der Waals surface area contributed by atoms with Gasteiger partial charge in [-0.2, -0.15) is 0 Å². The molecule has 0 radical (unpaired) electrons. The number of ether oxygens (including phenoxy) is 1. The molecule has 1 saturated carbocycles. The summed E-state index contributed by atoms with van der Waals surface area (Å²) >= 11 is 0. The van der Waals surface area contributed by atoms with Crippen molar-refractivity contribution >= 4 is 5.91 Å². The predicted octanol–water partition coefficient (Wildman–Crippen LogP) is -0.931. The van der Waals surface area contributed by atoms with Gasteiger partial charge in [0.2, 0.25) is 0 Å². The van der Waals surface area contributed by atoms with Crippen LogP contribution in [0.15, 0.2) is 18.6 Å². The second-order valence-electron chi connectivity index (χ2n) is 7.26. The van der Waals surface area contributed by atoms with Crippen LogP contribution in [0.25, 0.3) is 0 Å². The maximum absolute atomic E-state index is 12.4. The smallest absolute Gasteiger partial charge is 0.273 e. The Kier molecular flexibility index (Phi) is 5.40. The second kappa shape index (κ2) is 7.95. The quantitative estimate of drug-likeness (QED) is 0.436. The van der Waals surface area contributed by atoms with Gasteiger partial charge in [-0.25, -0.2) is 9.67 Å². The number of hydrogen-bond donors (Lipinski definition) is 5. The maximum atomic E-state index is 12.4. The highest BCUT2D eigenvalue weighted by Crippen LogP contribution is 2.36. The van der Waals surface area contributed by atoms with E-state index in [1.807, 2.05) is 0 Å². The molecule has 1 saturated heterocycles. The number of aliphatic hydroxyl groups is 3. The zero-order valence-electron chi connectivity index (χ0n) is 15.2. The topological polar surface area (TPSA) is 158 Å². The third-order valence-electron chi connectivity index (χ3n) is 5.42. The van der Waals surface area contributed by atoms with E-state index in [0.29, 0.717) is 5.82 Å². The molecule has 5 atom stereocenters. The molecule has 0 bridgehead atoms. The summed E-state index contributed by atoms with van der Waals surface area (Å²) in [5, 5.41) is 41.7. The lowest BCUT2D eigenvalue weighted by atomic mass is 9.92. The number of H-pyrrole nitrogens is 1. The molecule has 0 unspecified atom stereocenters. The van der Waals surface area contributed by atoms with E-state index >= 15 is 0 Å². The van der Waals surface area contributed by atoms with Gasteiger partial charge in [0.15, 0.2) is 5.69 Å². The Labute approximate surface area is 160 Å². The summed E-state index contributed by atoms with van der Waals surface area (Å²) < 4.78 is 6.86. The molecule has 0 spiro atoms. The Morgan fingerprint density at radius 1 is 1.32 bits per heavy atom. The number of nitrogens with one attached hydrogen (secondary N) is 2. The van der Waals surface area contributed by atoms with Crippen molar-refractivity contribution in [3.63, 3.8) is 0 Å². The van der Waals surface area contributed by atoms with Crippen LogP contribution in [0.5, 0.6) is 0 Å². The fourth-order valence-electron chi connectivity index (χ4n) is 3.93. The van der Waals surface area contributed by atoms with Gasteiger partial charge < -0.3 is 30.4 Å². The van der Waals surface area contributed by atoms with Gasteiger partial charge in [-0.05, 0) is 12.8 Å². The molecule has 5 N–H and O–H groups in total. The van der Waals surface area contributed by atoms with E-state index < -0.39 is 37.1 Å². The van der Waals surface area contributed by atoms with Crippen LogP contribution in [0.1, 0.15) is 54.1 Å². The molecule has 11 heteroatoms. The minimum absolute atomic E-state index is 0.105. The molecule has 2 aromatic heterocycles. The Balaban J connectivity index is 1.55. The number of aromatic nitrogens is 5. The maximum Gasteiger partial charge on any atom is 0.273 e. The average molecular weight is 392 g/mol. The third-order valence-corrected chi connectivity index (χ3v) is 5.42. The van der Waals surface area contributed by atoms with Crippen molar-refractivity contribution in [3.8, 4) is 0 Å². The highest BCUT2D eigenvalue weighted by molar-refractivity contribution is 5.92. The lowest BCUT2D eigenvalue weighted by Gasteiger charge is -2.41. The molecule has 28 heavy (non-hydrogen) atoms. The van der Waals surface area contributed by atoms with E-state index in [0.717, 1.165) is 25.7 Å². The molecule has 2 fully saturated rings. The average Bonchev–Trinajstić information content (AvgIpc) is 3.44. The highest BCUT2D eigenvalue weighted by atomic mass is 16.5. The summed E-state index contributed by atoms with van der Waals surface area (Å²) in [7, 11) is 0. The second-order valence-corrected chi connectivity index (χ2v) is 7.26. The first-order chi connectivity index (χ1) is 13.6. The number of aromatic amines is 1. The van der Waals surface area contributed by atoms with Gasteiger partial charge >= 0.3 is 0 Å². The first-order valence-corrected chi connectivity index (χ1v) is 9.43. The van der Waals surface area contributed by atoms with Gasteiger partial charge in [-0.1, -0.05) is 18.1 Å². The minimum Gasteiger partial charge on any atom is -0.394 e. The van der Waals surface area contributed by atoms with Crippen molar-refractivity contribution in [2.45, 2.75) is 62.2 Å². The normalized spacial score (nSPS) is 31.2. The zero-order chi connectivity index (χ0) is 19.7. The Bertz CT molecular complexity index is 790. The fourth-order valence-corrected chi connectivity index (χ4v) is 3.93. The number of carbonyl (C=O) groups is 1. The largest absolute Gasteiger partial charge is 0.394 e. The van der Waals surface area contributed by atoms with Crippen LogP contribution in [0, 0.1) is 0 Å². The summed E-state index contributed by atoms with van der Waals surface area (Å²) in [4.78, 5) is 19.4. The van der Waals surface area contributed by atoms with E-state index in [9.17, 15) is 20.1 Å². The monoisotopic (exact) mass is 392 g/mol. The fraction of sp³-hybridized carbons (Fsp3) is 0.647. The molecule has 11 nitrogen and oxygen atoms in total. The number of hydrogen-bond acceptors (Lipinski definition) is 8. The number of rotatable bonds is 5. The summed E-state index contributed by atoms with van der Waals surface area (Å²) in [6.45, 7) is -0.453. The number of aliphatic hydroxyl groups excluding tert-OH is 3. The number of imidazole rings is 1. The van der Waals surface area contributed by atoms with Crippen molar-refractivity contribution in [3.05, 3.63) is 30.1 Å². The third kappa shape index (κ3) is 3.53. The Morgan fingerprint density at radius 3 is 2.79 bits per heavy atom. The van der Waals surface area contributed by atoms with Crippen LogP contribution in [0.3, 0.4) is 0 Å². The zero-order valence-corrected chi connectivity index (χ0v) is 15.2. The molecule has 1 amide bonds. The number of amides is 1. The molecule has 3 heterocycles. The minimum atomic E-state index is -1.25.